The fourth-order valence-electron chi connectivity index (χ4n) is 5.47. The standard InChI is InChI=1S/C36H30N4/c1-25-20-21-31(28-15-7-4-8-16-28)33(22-25)36-39-34(29-17-11-12-26(23-29)24-37)38-35(40(36)2)32-19-10-9-18-30(32)27-13-5-3-6-14-27/h3-19,21-23,25,35H,20H2,1-2H3. The van der Waals surface area contributed by atoms with E-state index in [2.05, 4.69) is 110 Å². The highest BCUT2D eigenvalue weighted by atomic mass is 15.3. The number of likely N-dealkylation sites (N-methyl/N-ethyl adjacent to an activating group) is 1. The molecular weight excluding hydrogens is 488 g/mol. The Morgan fingerprint density at radius 2 is 1.45 bits per heavy atom. The molecule has 0 aromatic heterocycles. The van der Waals surface area contributed by atoms with E-state index < -0.39 is 0 Å². The average Bonchev–Trinajstić information content (AvgIpc) is 3.02. The highest BCUT2D eigenvalue weighted by Gasteiger charge is 2.32. The molecule has 0 spiro atoms. The maximum Gasteiger partial charge on any atom is 0.159 e. The van der Waals surface area contributed by atoms with Crippen LogP contribution in [-0.2, 0) is 0 Å². The third-order valence-electron chi connectivity index (χ3n) is 7.49. The Hall–Kier alpha value is -5.01. The van der Waals surface area contributed by atoms with Crippen LogP contribution in [0.25, 0.3) is 16.7 Å². The number of nitriles is 1. The van der Waals surface area contributed by atoms with Gasteiger partial charge in [0.05, 0.1) is 11.6 Å². The van der Waals surface area contributed by atoms with Gasteiger partial charge < -0.3 is 4.90 Å². The lowest BCUT2D eigenvalue weighted by atomic mass is 9.86. The summed E-state index contributed by atoms with van der Waals surface area (Å²) in [5.74, 6) is 1.89. The minimum atomic E-state index is -0.306. The van der Waals surface area contributed by atoms with E-state index in [4.69, 9.17) is 9.98 Å². The number of hydrogen-bond donors (Lipinski definition) is 0. The highest BCUT2D eigenvalue weighted by molar-refractivity contribution is 6.19. The normalized spacial score (nSPS) is 18.7. The number of amidine groups is 2. The first kappa shape index (κ1) is 25.3. The molecular formula is C36H30N4. The fourth-order valence-corrected chi connectivity index (χ4v) is 5.47. The fraction of sp³-hybridized carbons (Fsp3) is 0.139. The molecule has 0 saturated heterocycles. The summed E-state index contributed by atoms with van der Waals surface area (Å²) in [7, 11) is 2.08. The second-order valence-electron chi connectivity index (χ2n) is 10.3. The van der Waals surface area contributed by atoms with E-state index in [-0.39, 0.29) is 6.17 Å². The number of nitrogens with zero attached hydrogens (tertiary/aromatic N) is 4. The summed E-state index contributed by atoms with van der Waals surface area (Å²) in [6, 6.07) is 39.3. The first-order valence-electron chi connectivity index (χ1n) is 13.6. The molecule has 0 amide bonds. The Morgan fingerprint density at radius 1 is 0.775 bits per heavy atom. The lowest BCUT2D eigenvalue weighted by Gasteiger charge is -2.36. The number of aliphatic imine (C=N–C) groups is 2. The van der Waals surface area contributed by atoms with Gasteiger partial charge in [0.15, 0.2) is 12.0 Å². The van der Waals surface area contributed by atoms with Gasteiger partial charge in [0, 0.05) is 23.7 Å². The molecule has 0 N–H and O–H groups in total. The van der Waals surface area contributed by atoms with E-state index in [0.717, 1.165) is 40.1 Å². The topological polar surface area (TPSA) is 51.8 Å². The molecule has 2 unspecified atom stereocenters. The molecule has 2 aliphatic rings. The smallest absolute Gasteiger partial charge is 0.159 e. The van der Waals surface area contributed by atoms with Gasteiger partial charge in [-0.05, 0) is 46.7 Å². The molecule has 4 aromatic rings. The number of benzene rings is 4. The lowest BCUT2D eigenvalue weighted by Crippen LogP contribution is -2.37. The predicted molar refractivity (Wildman–Crippen MR) is 164 cm³/mol. The zero-order chi connectivity index (χ0) is 27.5. The zero-order valence-electron chi connectivity index (χ0n) is 22.7. The van der Waals surface area contributed by atoms with Crippen molar-refractivity contribution >= 4 is 17.2 Å². The quantitative estimate of drug-likeness (QED) is 0.268. The summed E-state index contributed by atoms with van der Waals surface area (Å²) in [5.41, 5.74) is 8.29. The predicted octanol–water partition coefficient (Wildman–Crippen LogP) is 8.06. The summed E-state index contributed by atoms with van der Waals surface area (Å²) in [5, 5.41) is 9.59. The van der Waals surface area contributed by atoms with Crippen LogP contribution in [0.4, 0.5) is 0 Å². The molecule has 40 heavy (non-hydrogen) atoms. The van der Waals surface area contributed by atoms with Crippen LogP contribution >= 0.6 is 0 Å². The van der Waals surface area contributed by atoms with Crippen molar-refractivity contribution in [2.75, 3.05) is 7.05 Å². The SMILES string of the molecule is CC1C=C(C2=NC(c3cccc(C#N)c3)=NC(c3ccccc3-c3ccccc3)N2C)C(c2ccccc2)=CC1. The molecule has 1 aliphatic carbocycles. The van der Waals surface area contributed by atoms with Gasteiger partial charge in [-0.25, -0.2) is 9.98 Å². The Labute approximate surface area is 236 Å². The summed E-state index contributed by atoms with van der Waals surface area (Å²) in [6.45, 7) is 2.25. The molecule has 6 rings (SSSR count). The van der Waals surface area contributed by atoms with Gasteiger partial charge in [-0.2, -0.15) is 5.26 Å². The van der Waals surface area contributed by atoms with E-state index in [1.807, 2.05) is 36.4 Å². The van der Waals surface area contributed by atoms with E-state index in [0.29, 0.717) is 17.3 Å². The minimum Gasteiger partial charge on any atom is -0.333 e. The zero-order valence-corrected chi connectivity index (χ0v) is 22.7. The summed E-state index contributed by atoms with van der Waals surface area (Å²) < 4.78 is 0. The minimum absolute atomic E-state index is 0.306. The summed E-state index contributed by atoms with van der Waals surface area (Å²) >= 11 is 0. The molecule has 4 heteroatoms. The van der Waals surface area contributed by atoms with Crippen molar-refractivity contribution in [1.29, 1.82) is 5.26 Å². The molecule has 194 valence electrons. The first-order chi connectivity index (χ1) is 19.6. The molecule has 1 heterocycles. The number of rotatable bonds is 5. The highest BCUT2D eigenvalue weighted by Crippen LogP contribution is 2.39. The van der Waals surface area contributed by atoms with Crippen LogP contribution in [0.5, 0.6) is 0 Å². The van der Waals surface area contributed by atoms with Crippen molar-refractivity contribution in [3.05, 3.63) is 149 Å². The molecule has 4 aromatic carbocycles. The number of allylic oxidation sites excluding steroid dienone is 2. The Balaban J connectivity index is 1.54. The Morgan fingerprint density at radius 3 is 2.20 bits per heavy atom. The van der Waals surface area contributed by atoms with E-state index in [1.54, 1.807) is 0 Å². The molecule has 1 aliphatic heterocycles. The molecule has 0 saturated carbocycles. The van der Waals surface area contributed by atoms with Crippen molar-refractivity contribution in [3.63, 3.8) is 0 Å². The molecule has 0 fully saturated rings. The maximum absolute atomic E-state index is 9.59. The summed E-state index contributed by atoms with van der Waals surface area (Å²) in [6.07, 6.45) is 5.35. The van der Waals surface area contributed by atoms with Crippen LogP contribution in [0.1, 0.15) is 41.8 Å². The monoisotopic (exact) mass is 518 g/mol. The van der Waals surface area contributed by atoms with Crippen molar-refractivity contribution in [2.24, 2.45) is 15.9 Å². The lowest BCUT2D eigenvalue weighted by molar-refractivity contribution is 0.383. The van der Waals surface area contributed by atoms with Gasteiger partial charge in [-0.1, -0.05) is 116 Å². The van der Waals surface area contributed by atoms with Crippen LogP contribution in [-0.4, -0.2) is 23.6 Å². The van der Waals surface area contributed by atoms with Gasteiger partial charge in [-0.15, -0.1) is 0 Å². The van der Waals surface area contributed by atoms with Crippen LogP contribution in [0.15, 0.2) is 137 Å². The van der Waals surface area contributed by atoms with Crippen molar-refractivity contribution in [2.45, 2.75) is 19.5 Å². The van der Waals surface area contributed by atoms with Crippen LogP contribution < -0.4 is 0 Å². The number of hydrogen-bond acceptors (Lipinski definition) is 4. The molecule has 2 atom stereocenters. The molecule has 0 bridgehead atoms. The van der Waals surface area contributed by atoms with Crippen LogP contribution in [0.2, 0.25) is 0 Å². The third-order valence-corrected chi connectivity index (χ3v) is 7.49. The Bertz CT molecular complexity index is 1700. The summed E-state index contributed by atoms with van der Waals surface area (Å²) in [4.78, 5) is 12.6. The van der Waals surface area contributed by atoms with Crippen LogP contribution in [0.3, 0.4) is 0 Å². The van der Waals surface area contributed by atoms with Gasteiger partial charge >= 0.3 is 0 Å². The average molecular weight is 519 g/mol. The van der Waals surface area contributed by atoms with E-state index in [1.165, 1.54) is 11.1 Å². The van der Waals surface area contributed by atoms with Gasteiger partial charge in [0.2, 0.25) is 0 Å². The van der Waals surface area contributed by atoms with E-state index in [9.17, 15) is 5.26 Å². The second kappa shape index (κ2) is 11.0. The maximum atomic E-state index is 9.59. The van der Waals surface area contributed by atoms with E-state index >= 15 is 0 Å². The largest absolute Gasteiger partial charge is 0.333 e. The van der Waals surface area contributed by atoms with Gasteiger partial charge in [0.1, 0.15) is 5.84 Å². The Kier molecular flexibility index (Phi) is 6.95. The third kappa shape index (κ3) is 4.90. The second-order valence-corrected chi connectivity index (χ2v) is 10.3. The van der Waals surface area contributed by atoms with Crippen molar-refractivity contribution in [1.82, 2.24) is 4.90 Å². The first-order valence-corrected chi connectivity index (χ1v) is 13.6. The molecule has 0 radical (unpaired) electrons. The van der Waals surface area contributed by atoms with Gasteiger partial charge in [-0.3, -0.25) is 0 Å². The molecule has 4 nitrogen and oxygen atoms in total. The van der Waals surface area contributed by atoms with Gasteiger partial charge in [0.25, 0.3) is 0 Å². The van der Waals surface area contributed by atoms with Crippen LogP contribution in [0, 0.1) is 17.2 Å². The van der Waals surface area contributed by atoms with Crippen molar-refractivity contribution in [3.8, 4) is 17.2 Å². The van der Waals surface area contributed by atoms with Crippen molar-refractivity contribution < 1.29 is 0 Å².